The third kappa shape index (κ3) is 3.71. The smallest absolute Gasteiger partial charge is 0.122 e. The lowest BCUT2D eigenvalue weighted by molar-refractivity contribution is 0.0953. The van der Waals surface area contributed by atoms with Crippen LogP contribution in [-0.2, 0) is 12.8 Å². The normalized spacial score (nSPS) is 14.2. The van der Waals surface area contributed by atoms with E-state index in [4.69, 9.17) is 9.72 Å². The predicted molar refractivity (Wildman–Crippen MR) is 130 cm³/mol. The molecule has 2 N–H and O–H groups in total. The molecule has 164 valence electrons. The van der Waals surface area contributed by atoms with Gasteiger partial charge in [0, 0.05) is 28.1 Å². The highest BCUT2D eigenvalue weighted by molar-refractivity contribution is 7.19. The minimum Gasteiger partial charge on any atom is -0.493 e. The summed E-state index contributed by atoms with van der Waals surface area (Å²) >= 11 is 1.72. The van der Waals surface area contributed by atoms with Crippen molar-refractivity contribution in [2.75, 3.05) is 13.2 Å². The van der Waals surface area contributed by atoms with E-state index in [-0.39, 0.29) is 6.61 Å². The Bertz CT molecular complexity index is 1280. The van der Waals surface area contributed by atoms with Crippen LogP contribution in [0.25, 0.3) is 21.3 Å². The molecule has 32 heavy (non-hydrogen) atoms. The number of hydrogen-bond donors (Lipinski definition) is 2. The van der Waals surface area contributed by atoms with E-state index >= 15 is 0 Å². The molecular weight excluding hydrogens is 418 g/mol. The number of benzene rings is 2. The molecule has 0 spiro atoms. The summed E-state index contributed by atoms with van der Waals surface area (Å²) in [5.74, 6) is 0.943. The van der Waals surface area contributed by atoms with Crippen LogP contribution in [-0.4, -0.2) is 28.4 Å². The molecule has 1 atom stereocenters. The molecule has 4 nitrogen and oxygen atoms in total. The van der Waals surface area contributed by atoms with Gasteiger partial charge in [-0.1, -0.05) is 36.4 Å². The highest BCUT2D eigenvalue weighted by Crippen LogP contribution is 2.44. The van der Waals surface area contributed by atoms with E-state index in [2.05, 4.69) is 43.3 Å². The number of ether oxygens (including phenoxy) is 1. The molecule has 2 aromatic heterocycles. The van der Waals surface area contributed by atoms with Gasteiger partial charge in [-0.05, 0) is 61.1 Å². The highest BCUT2D eigenvalue weighted by atomic mass is 32.1. The molecule has 0 bridgehead atoms. The number of aliphatic hydroxyl groups excluding tert-OH is 2. The maximum atomic E-state index is 10.8. The molecule has 1 aliphatic heterocycles. The molecule has 0 radical (unpaired) electrons. The molecule has 3 heterocycles. The number of thiophene rings is 1. The molecule has 5 heteroatoms. The Morgan fingerprint density at radius 1 is 1.12 bits per heavy atom. The summed E-state index contributed by atoms with van der Waals surface area (Å²) in [6.07, 6.45) is 1.83. The van der Waals surface area contributed by atoms with Gasteiger partial charge in [0.15, 0.2) is 0 Å². The second kappa shape index (κ2) is 8.66. The van der Waals surface area contributed by atoms with Crippen LogP contribution in [0.2, 0.25) is 0 Å². The Morgan fingerprint density at radius 3 is 2.72 bits per heavy atom. The molecule has 0 amide bonds. The summed E-state index contributed by atoms with van der Waals surface area (Å²) in [6.45, 7) is 4.49. The quantitative estimate of drug-likeness (QED) is 0.424. The Hall–Kier alpha value is -2.73. The molecule has 1 aliphatic rings. The van der Waals surface area contributed by atoms with Gasteiger partial charge >= 0.3 is 0 Å². The zero-order chi connectivity index (χ0) is 22.2. The minimum atomic E-state index is -0.978. The number of aliphatic hydroxyl groups is 2. The second-order valence-electron chi connectivity index (χ2n) is 8.44. The van der Waals surface area contributed by atoms with Crippen molar-refractivity contribution in [3.63, 3.8) is 0 Å². The number of pyridine rings is 1. The van der Waals surface area contributed by atoms with Crippen molar-refractivity contribution < 1.29 is 14.9 Å². The zero-order valence-electron chi connectivity index (χ0n) is 18.4. The van der Waals surface area contributed by atoms with Gasteiger partial charge < -0.3 is 14.9 Å². The summed E-state index contributed by atoms with van der Waals surface area (Å²) in [5.41, 5.74) is 8.16. The lowest BCUT2D eigenvalue weighted by Gasteiger charge is -2.21. The summed E-state index contributed by atoms with van der Waals surface area (Å²) in [7, 11) is 0. The average molecular weight is 446 g/mol. The number of aromatic nitrogens is 1. The summed E-state index contributed by atoms with van der Waals surface area (Å²) in [6, 6.07) is 16.7. The maximum Gasteiger partial charge on any atom is 0.122 e. The monoisotopic (exact) mass is 445 g/mol. The molecule has 0 unspecified atom stereocenters. The Balaban J connectivity index is 1.75. The van der Waals surface area contributed by atoms with Crippen LogP contribution in [0.1, 0.15) is 45.3 Å². The Kier molecular flexibility index (Phi) is 5.72. The maximum absolute atomic E-state index is 10.8. The van der Waals surface area contributed by atoms with E-state index in [9.17, 15) is 10.2 Å². The second-order valence-corrected chi connectivity index (χ2v) is 9.66. The molecule has 0 aliphatic carbocycles. The molecule has 0 fully saturated rings. The van der Waals surface area contributed by atoms with Gasteiger partial charge in [0.25, 0.3) is 0 Å². The number of hydrogen-bond acceptors (Lipinski definition) is 5. The van der Waals surface area contributed by atoms with Gasteiger partial charge in [-0.2, -0.15) is 0 Å². The van der Waals surface area contributed by atoms with Gasteiger partial charge in [-0.3, -0.25) is 4.98 Å². The standard InChI is InChI=1S/C27H27NO3S/c1-16-24(22(30)15-29)25(20-10-11-23-19(14-20)9-6-12-31-23)27-26(28-16)21(17(2)32-27)13-18-7-4-3-5-8-18/h3-5,7-8,10-11,14,22,29-30H,6,9,12-13,15H2,1-2H3/t22-/m1/s1. The fourth-order valence-electron chi connectivity index (χ4n) is 4.70. The van der Waals surface area contributed by atoms with Crippen LogP contribution in [0, 0.1) is 13.8 Å². The molecule has 0 saturated carbocycles. The average Bonchev–Trinajstić information content (AvgIpc) is 3.12. The van der Waals surface area contributed by atoms with E-state index in [1.165, 1.54) is 21.6 Å². The van der Waals surface area contributed by atoms with E-state index < -0.39 is 6.10 Å². The predicted octanol–water partition coefficient (Wildman–Crippen LogP) is 5.52. The lowest BCUT2D eigenvalue weighted by Crippen LogP contribution is -2.10. The SMILES string of the molecule is Cc1nc2c(Cc3ccccc3)c(C)sc2c(-c2ccc3c(c2)CCCO3)c1[C@H](O)CO. The van der Waals surface area contributed by atoms with Crippen LogP contribution in [0.4, 0.5) is 0 Å². The first-order chi connectivity index (χ1) is 15.6. The van der Waals surface area contributed by atoms with Crippen molar-refractivity contribution in [3.05, 3.63) is 81.4 Å². The van der Waals surface area contributed by atoms with E-state index in [0.717, 1.165) is 58.7 Å². The summed E-state index contributed by atoms with van der Waals surface area (Å²) in [5, 5.41) is 20.6. The van der Waals surface area contributed by atoms with Crippen molar-refractivity contribution in [2.24, 2.45) is 0 Å². The molecular formula is C27H27NO3S. The summed E-state index contributed by atoms with van der Waals surface area (Å²) in [4.78, 5) is 6.18. The van der Waals surface area contributed by atoms with E-state index in [1.54, 1.807) is 11.3 Å². The van der Waals surface area contributed by atoms with Gasteiger partial charge in [0.2, 0.25) is 0 Å². The molecule has 2 aromatic carbocycles. The third-order valence-corrected chi connectivity index (χ3v) is 7.43. The topological polar surface area (TPSA) is 62.6 Å². The molecule has 0 saturated heterocycles. The first-order valence-corrected chi connectivity index (χ1v) is 11.9. The number of aryl methyl sites for hydroxylation is 3. The van der Waals surface area contributed by atoms with Crippen molar-refractivity contribution >= 4 is 21.6 Å². The van der Waals surface area contributed by atoms with Crippen molar-refractivity contribution in [3.8, 4) is 16.9 Å². The minimum absolute atomic E-state index is 0.337. The van der Waals surface area contributed by atoms with Crippen LogP contribution < -0.4 is 4.74 Å². The Labute approximate surface area is 192 Å². The van der Waals surface area contributed by atoms with Crippen LogP contribution >= 0.6 is 11.3 Å². The first-order valence-electron chi connectivity index (χ1n) is 11.1. The van der Waals surface area contributed by atoms with Crippen molar-refractivity contribution in [1.82, 2.24) is 4.98 Å². The first kappa shape index (κ1) is 21.1. The zero-order valence-corrected chi connectivity index (χ0v) is 19.2. The van der Waals surface area contributed by atoms with Crippen molar-refractivity contribution in [1.29, 1.82) is 0 Å². The van der Waals surface area contributed by atoms with Crippen LogP contribution in [0.15, 0.2) is 48.5 Å². The fraction of sp³-hybridized carbons (Fsp3) is 0.296. The van der Waals surface area contributed by atoms with Gasteiger partial charge in [-0.25, -0.2) is 0 Å². The van der Waals surface area contributed by atoms with Gasteiger partial charge in [0.05, 0.1) is 23.4 Å². The van der Waals surface area contributed by atoms with E-state index in [1.807, 2.05) is 19.1 Å². The molecule has 5 rings (SSSR count). The van der Waals surface area contributed by atoms with Crippen LogP contribution in [0.5, 0.6) is 5.75 Å². The molecule has 4 aromatic rings. The van der Waals surface area contributed by atoms with Crippen molar-refractivity contribution in [2.45, 2.75) is 39.2 Å². The summed E-state index contributed by atoms with van der Waals surface area (Å²) < 4.78 is 6.88. The van der Waals surface area contributed by atoms with Crippen LogP contribution in [0.3, 0.4) is 0 Å². The van der Waals surface area contributed by atoms with E-state index in [0.29, 0.717) is 5.56 Å². The van der Waals surface area contributed by atoms with Gasteiger partial charge in [0.1, 0.15) is 11.9 Å². The highest BCUT2D eigenvalue weighted by Gasteiger charge is 2.25. The fourth-order valence-corrected chi connectivity index (χ4v) is 5.89. The third-order valence-electron chi connectivity index (χ3n) is 6.27. The number of fused-ring (bicyclic) bond motifs is 2. The largest absolute Gasteiger partial charge is 0.493 e. The number of rotatable bonds is 5. The Morgan fingerprint density at radius 2 is 1.94 bits per heavy atom. The number of nitrogens with zero attached hydrogens (tertiary/aromatic N) is 1. The van der Waals surface area contributed by atoms with Gasteiger partial charge in [-0.15, -0.1) is 11.3 Å². The lowest BCUT2D eigenvalue weighted by atomic mass is 9.91.